The number of furan rings is 1. The van der Waals surface area contributed by atoms with Crippen LogP contribution >= 0.6 is 0 Å². The minimum atomic E-state index is -0.134. The van der Waals surface area contributed by atoms with Crippen molar-refractivity contribution in [1.82, 2.24) is 9.47 Å². The summed E-state index contributed by atoms with van der Waals surface area (Å²) in [5.74, 6) is 0.751. The molecule has 2 aromatic heterocycles. The van der Waals surface area contributed by atoms with Crippen LogP contribution in [0.25, 0.3) is 0 Å². The highest BCUT2D eigenvalue weighted by Gasteiger charge is 2.21. The molecule has 110 valence electrons. The van der Waals surface area contributed by atoms with Crippen LogP contribution in [0.5, 0.6) is 0 Å². The molecular weight excluding hydrogens is 272 g/mol. The molecule has 0 spiro atoms. The Kier molecular flexibility index (Phi) is 3.87. The summed E-state index contributed by atoms with van der Waals surface area (Å²) < 4.78 is 12.3. The lowest BCUT2D eigenvalue weighted by Gasteiger charge is -2.25. The summed E-state index contributed by atoms with van der Waals surface area (Å²) in [6.07, 6.45) is 1.69. The monoisotopic (exact) mass is 288 g/mol. The Morgan fingerprint density at radius 1 is 1.14 bits per heavy atom. The number of hydrogen-bond donors (Lipinski definition) is 0. The van der Waals surface area contributed by atoms with Crippen LogP contribution in [-0.4, -0.2) is 41.7 Å². The molecule has 0 radical (unpaired) electrons. The van der Waals surface area contributed by atoms with Crippen molar-refractivity contribution in [2.75, 3.05) is 26.3 Å². The Bertz CT molecular complexity index is 683. The number of ether oxygens (including phenoxy) is 1. The van der Waals surface area contributed by atoms with Crippen molar-refractivity contribution in [1.29, 1.82) is 0 Å². The molecule has 0 atom stereocenters. The summed E-state index contributed by atoms with van der Waals surface area (Å²) in [6, 6.07) is 8.34. The van der Waals surface area contributed by atoms with Gasteiger partial charge < -0.3 is 18.6 Å². The third-order valence-corrected chi connectivity index (χ3v) is 3.40. The molecule has 6 nitrogen and oxygen atoms in total. The van der Waals surface area contributed by atoms with Crippen molar-refractivity contribution < 1.29 is 13.9 Å². The highest BCUT2D eigenvalue weighted by atomic mass is 16.5. The first-order valence-electron chi connectivity index (χ1n) is 6.85. The molecule has 0 unspecified atom stereocenters. The van der Waals surface area contributed by atoms with Gasteiger partial charge in [-0.15, -0.1) is 0 Å². The topological polar surface area (TPSA) is 64.7 Å². The van der Waals surface area contributed by atoms with Crippen LogP contribution < -0.4 is 5.56 Å². The van der Waals surface area contributed by atoms with E-state index in [0.29, 0.717) is 44.4 Å². The van der Waals surface area contributed by atoms with E-state index in [-0.39, 0.29) is 11.5 Å². The lowest BCUT2D eigenvalue weighted by Crippen LogP contribution is -2.40. The normalized spacial score (nSPS) is 15.1. The summed E-state index contributed by atoms with van der Waals surface area (Å²) in [4.78, 5) is 25.6. The molecule has 0 aromatic carbocycles. The van der Waals surface area contributed by atoms with Gasteiger partial charge in [-0.3, -0.25) is 9.59 Å². The molecule has 2 aromatic rings. The summed E-state index contributed by atoms with van der Waals surface area (Å²) in [6.45, 7) is 2.58. The summed E-state index contributed by atoms with van der Waals surface area (Å²) in [5, 5.41) is 0. The van der Waals surface area contributed by atoms with E-state index < -0.39 is 0 Å². The van der Waals surface area contributed by atoms with E-state index in [0.717, 1.165) is 0 Å². The molecule has 1 amide bonds. The maximum atomic E-state index is 12.2. The van der Waals surface area contributed by atoms with E-state index >= 15 is 0 Å². The van der Waals surface area contributed by atoms with Crippen LogP contribution in [0.1, 0.15) is 16.3 Å². The first-order chi connectivity index (χ1) is 10.2. The molecule has 0 bridgehead atoms. The number of nitrogens with zero attached hydrogens (tertiary/aromatic N) is 2. The number of hydrogen-bond acceptors (Lipinski definition) is 4. The van der Waals surface area contributed by atoms with Crippen molar-refractivity contribution >= 4 is 5.91 Å². The highest BCUT2D eigenvalue weighted by molar-refractivity contribution is 5.91. The van der Waals surface area contributed by atoms with Gasteiger partial charge in [0, 0.05) is 25.4 Å². The van der Waals surface area contributed by atoms with Crippen molar-refractivity contribution in [2.45, 2.75) is 6.54 Å². The summed E-state index contributed by atoms with van der Waals surface area (Å²) in [7, 11) is 0. The van der Waals surface area contributed by atoms with Crippen LogP contribution in [0.2, 0.25) is 0 Å². The molecule has 0 N–H and O–H groups in total. The molecule has 3 heterocycles. The van der Waals surface area contributed by atoms with Crippen LogP contribution in [-0.2, 0) is 11.3 Å². The minimum absolute atomic E-state index is 0.102. The maximum absolute atomic E-state index is 12.2. The van der Waals surface area contributed by atoms with Crippen LogP contribution in [0.4, 0.5) is 0 Å². The predicted molar refractivity (Wildman–Crippen MR) is 75.2 cm³/mol. The lowest BCUT2D eigenvalue weighted by atomic mass is 10.3. The van der Waals surface area contributed by atoms with Gasteiger partial charge in [0.25, 0.3) is 11.5 Å². The van der Waals surface area contributed by atoms with Gasteiger partial charge in [0.05, 0.1) is 19.8 Å². The predicted octanol–water partition coefficient (Wildman–Crippen LogP) is 0.962. The fourth-order valence-electron chi connectivity index (χ4n) is 2.26. The summed E-state index contributed by atoms with van der Waals surface area (Å²) >= 11 is 0. The molecule has 1 aliphatic heterocycles. The molecule has 0 saturated carbocycles. The number of amides is 1. The van der Waals surface area contributed by atoms with Gasteiger partial charge in [0.1, 0.15) is 5.76 Å². The molecule has 1 fully saturated rings. The largest absolute Gasteiger partial charge is 0.454 e. The van der Waals surface area contributed by atoms with Crippen molar-refractivity contribution in [3.8, 4) is 0 Å². The van der Waals surface area contributed by atoms with E-state index in [9.17, 15) is 9.59 Å². The molecule has 1 saturated heterocycles. The second-order valence-corrected chi connectivity index (χ2v) is 4.84. The van der Waals surface area contributed by atoms with Gasteiger partial charge in [-0.2, -0.15) is 0 Å². The van der Waals surface area contributed by atoms with Gasteiger partial charge in [0.15, 0.2) is 5.76 Å². The number of pyridine rings is 1. The van der Waals surface area contributed by atoms with Gasteiger partial charge in [-0.25, -0.2) is 0 Å². The molecular formula is C15H16N2O4. The zero-order chi connectivity index (χ0) is 14.7. The second-order valence-electron chi connectivity index (χ2n) is 4.84. The van der Waals surface area contributed by atoms with Crippen LogP contribution in [0.15, 0.2) is 45.7 Å². The Balaban J connectivity index is 1.72. The van der Waals surface area contributed by atoms with E-state index in [2.05, 4.69) is 0 Å². The third-order valence-electron chi connectivity index (χ3n) is 3.40. The van der Waals surface area contributed by atoms with Gasteiger partial charge in [-0.05, 0) is 18.2 Å². The Morgan fingerprint density at radius 2 is 1.95 bits per heavy atom. The standard InChI is InChI=1S/C15H16N2O4/c18-14-3-1-2-6-17(14)11-12-4-5-13(21-12)15(19)16-7-9-20-10-8-16/h1-6H,7-11H2. The molecule has 0 aliphatic carbocycles. The SMILES string of the molecule is O=C(c1ccc(Cn2ccccc2=O)o1)N1CCOCC1. The van der Waals surface area contributed by atoms with Crippen molar-refractivity contribution in [3.05, 3.63) is 58.4 Å². The highest BCUT2D eigenvalue weighted by Crippen LogP contribution is 2.12. The Morgan fingerprint density at radius 3 is 2.71 bits per heavy atom. The van der Waals surface area contributed by atoms with Gasteiger partial charge >= 0.3 is 0 Å². The maximum Gasteiger partial charge on any atom is 0.289 e. The minimum Gasteiger partial charge on any atom is -0.454 e. The van der Waals surface area contributed by atoms with Gasteiger partial charge in [-0.1, -0.05) is 6.07 Å². The number of aromatic nitrogens is 1. The first-order valence-corrected chi connectivity index (χ1v) is 6.85. The fraction of sp³-hybridized carbons (Fsp3) is 0.333. The Hall–Kier alpha value is -2.34. The molecule has 21 heavy (non-hydrogen) atoms. The zero-order valence-corrected chi connectivity index (χ0v) is 11.5. The second kappa shape index (κ2) is 5.97. The fourth-order valence-corrected chi connectivity index (χ4v) is 2.26. The van der Waals surface area contributed by atoms with E-state index in [1.165, 1.54) is 10.6 Å². The zero-order valence-electron chi connectivity index (χ0n) is 11.5. The van der Waals surface area contributed by atoms with Crippen molar-refractivity contribution in [2.24, 2.45) is 0 Å². The smallest absolute Gasteiger partial charge is 0.289 e. The first kappa shape index (κ1) is 13.6. The van der Waals surface area contributed by atoms with E-state index in [1.54, 1.807) is 35.4 Å². The van der Waals surface area contributed by atoms with Gasteiger partial charge in [0.2, 0.25) is 0 Å². The average molecular weight is 288 g/mol. The van der Waals surface area contributed by atoms with E-state index in [4.69, 9.17) is 9.15 Å². The van der Waals surface area contributed by atoms with Crippen LogP contribution in [0, 0.1) is 0 Å². The number of rotatable bonds is 3. The lowest BCUT2D eigenvalue weighted by molar-refractivity contribution is 0.0281. The molecule has 6 heteroatoms. The number of carbonyl (C=O) groups excluding carboxylic acids is 1. The van der Waals surface area contributed by atoms with Crippen molar-refractivity contribution in [3.63, 3.8) is 0 Å². The van der Waals surface area contributed by atoms with Crippen LogP contribution in [0.3, 0.4) is 0 Å². The quantitative estimate of drug-likeness (QED) is 0.844. The summed E-state index contributed by atoms with van der Waals surface area (Å²) in [5.41, 5.74) is -0.102. The molecule has 3 rings (SSSR count). The molecule has 1 aliphatic rings. The van der Waals surface area contributed by atoms with E-state index in [1.807, 2.05) is 0 Å². The average Bonchev–Trinajstić information content (AvgIpc) is 2.98. The Labute approximate surface area is 121 Å². The number of carbonyl (C=O) groups is 1. The number of morpholine rings is 1. The third kappa shape index (κ3) is 3.05.